The topological polar surface area (TPSA) is 38.2 Å². The van der Waals surface area contributed by atoms with Gasteiger partial charge in [0, 0.05) is 18.3 Å². The predicted molar refractivity (Wildman–Crippen MR) is 57.3 cm³/mol. The van der Waals surface area contributed by atoms with E-state index in [-0.39, 0.29) is 0 Å². The third kappa shape index (κ3) is 1.48. The van der Waals surface area contributed by atoms with Crippen molar-refractivity contribution < 1.29 is 4.74 Å². The van der Waals surface area contributed by atoms with E-state index < -0.39 is 0 Å². The van der Waals surface area contributed by atoms with Crippen LogP contribution in [-0.2, 0) is 4.74 Å². The number of aromatic nitrogens is 2. The highest BCUT2D eigenvalue weighted by molar-refractivity contribution is 6.28. The molecule has 0 radical (unpaired) electrons. The second-order valence-electron chi connectivity index (χ2n) is 4.14. The molecule has 0 saturated carbocycles. The van der Waals surface area contributed by atoms with Gasteiger partial charge in [0.1, 0.15) is 5.82 Å². The van der Waals surface area contributed by atoms with Gasteiger partial charge >= 0.3 is 0 Å². The van der Waals surface area contributed by atoms with Gasteiger partial charge in [0.2, 0.25) is 5.28 Å². The fourth-order valence-electron chi connectivity index (χ4n) is 2.36. The Bertz CT molecular complexity index is 398. The molecule has 2 atom stereocenters. The quantitative estimate of drug-likeness (QED) is 0.678. The molecule has 2 fully saturated rings. The van der Waals surface area contributed by atoms with Crippen LogP contribution in [0.2, 0.25) is 5.28 Å². The number of anilines is 1. The maximum Gasteiger partial charge on any atom is 0.224 e. The summed E-state index contributed by atoms with van der Waals surface area (Å²) in [5.74, 6) is 0.964. The monoisotopic (exact) mass is 225 g/mol. The van der Waals surface area contributed by atoms with Crippen molar-refractivity contribution in [2.24, 2.45) is 0 Å². The average Bonchev–Trinajstić information content (AvgIpc) is 2.83. The van der Waals surface area contributed by atoms with Crippen LogP contribution >= 0.6 is 11.6 Å². The Morgan fingerprint density at radius 1 is 1.60 bits per heavy atom. The highest BCUT2D eigenvalue weighted by atomic mass is 35.5. The summed E-state index contributed by atoms with van der Waals surface area (Å²) in [5.41, 5.74) is 1.08. The molecule has 2 aliphatic rings. The summed E-state index contributed by atoms with van der Waals surface area (Å²) in [5, 5.41) is 0.319. The minimum absolute atomic E-state index is 0.319. The molecular weight excluding hydrogens is 214 g/mol. The molecule has 0 amide bonds. The van der Waals surface area contributed by atoms with E-state index in [0.29, 0.717) is 17.4 Å². The maximum absolute atomic E-state index is 5.82. The molecule has 0 N–H and O–H groups in total. The first-order valence-electron chi connectivity index (χ1n) is 5.11. The molecule has 3 heterocycles. The third-order valence-electron chi connectivity index (χ3n) is 3.09. The summed E-state index contributed by atoms with van der Waals surface area (Å²) in [6.07, 6.45) is 3.27. The summed E-state index contributed by atoms with van der Waals surface area (Å²) in [6, 6.07) is 0.472. The molecular formula is C10H12ClN3O. The zero-order valence-electron chi connectivity index (χ0n) is 8.48. The molecule has 2 unspecified atom stereocenters. The van der Waals surface area contributed by atoms with Crippen LogP contribution in [0.5, 0.6) is 0 Å². The molecule has 2 saturated heterocycles. The Labute approximate surface area is 93.2 Å². The Morgan fingerprint density at radius 3 is 3.13 bits per heavy atom. The second kappa shape index (κ2) is 3.32. The smallest absolute Gasteiger partial charge is 0.224 e. The van der Waals surface area contributed by atoms with E-state index in [1.54, 1.807) is 6.20 Å². The number of ether oxygens (including phenoxy) is 1. The van der Waals surface area contributed by atoms with Crippen LogP contribution in [-0.4, -0.2) is 35.3 Å². The van der Waals surface area contributed by atoms with Crippen molar-refractivity contribution in [1.29, 1.82) is 0 Å². The number of hydrogen-bond acceptors (Lipinski definition) is 4. The molecule has 15 heavy (non-hydrogen) atoms. The summed E-state index contributed by atoms with van der Waals surface area (Å²) < 4.78 is 5.56. The Balaban J connectivity index is 1.96. The maximum atomic E-state index is 5.82. The Morgan fingerprint density at radius 2 is 2.47 bits per heavy atom. The molecule has 0 aliphatic carbocycles. The molecule has 2 aliphatic heterocycles. The molecule has 0 spiro atoms. The highest BCUT2D eigenvalue weighted by Gasteiger charge is 2.40. The van der Waals surface area contributed by atoms with E-state index in [0.717, 1.165) is 31.0 Å². The highest BCUT2D eigenvalue weighted by Crippen LogP contribution is 2.33. The number of halogens is 1. The van der Waals surface area contributed by atoms with Crippen molar-refractivity contribution >= 4 is 17.4 Å². The number of aryl methyl sites for hydroxylation is 1. The van der Waals surface area contributed by atoms with Crippen molar-refractivity contribution in [3.8, 4) is 0 Å². The molecule has 2 bridgehead atoms. The van der Waals surface area contributed by atoms with Gasteiger partial charge in [0.05, 0.1) is 18.8 Å². The van der Waals surface area contributed by atoms with E-state index in [1.165, 1.54) is 0 Å². The van der Waals surface area contributed by atoms with Crippen LogP contribution in [0.15, 0.2) is 6.20 Å². The summed E-state index contributed by atoms with van der Waals surface area (Å²) in [4.78, 5) is 10.6. The number of nitrogens with zero attached hydrogens (tertiary/aromatic N) is 3. The Kier molecular flexibility index (Phi) is 2.07. The van der Waals surface area contributed by atoms with Crippen LogP contribution in [0.25, 0.3) is 0 Å². The molecule has 1 aromatic rings. The lowest BCUT2D eigenvalue weighted by Crippen LogP contribution is -2.38. The van der Waals surface area contributed by atoms with E-state index in [2.05, 4.69) is 14.9 Å². The molecule has 3 rings (SSSR count). The number of fused-ring (bicyclic) bond motifs is 2. The van der Waals surface area contributed by atoms with E-state index in [1.807, 2.05) is 6.92 Å². The molecule has 5 heteroatoms. The lowest BCUT2D eigenvalue weighted by Gasteiger charge is -2.28. The van der Waals surface area contributed by atoms with Gasteiger partial charge in [-0.2, -0.15) is 0 Å². The normalized spacial score (nSPS) is 28.8. The van der Waals surface area contributed by atoms with Crippen LogP contribution in [0.4, 0.5) is 5.82 Å². The van der Waals surface area contributed by atoms with E-state index in [4.69, 9.17) is 16.3 Å². The average molecular weight is 226 g/mol. The van der Waals surface area contributed by atoms with Crippen LogP contribution in [0, 0.1) is 6.92 Å². The lowest BCUT2D eigenvalue weighted by atomic mass is 10.2. The standard InChI is InChI=1S/C10H12ClN3O/c1-6-3-12-10(11)13-9(6)14-4-8-2-7(14)5-15-8/h3,7-8H,2,4-5H2,1H3. The Hall–Kier alpha value is -0.870. The van der Waals surface area contributed by atoms with E-state index >= 15 is 0 Å². The van der Waals surface area contributed by atoms with Gasteiger partial charge in [-0.1, -0.05) is 0 Å². The first kappa shape index (κ1) is 9.36. The van der Waals surface area contributed by atoms with Crippen molar-refractivity contribution in [2.45, 2.75) is 25.5 Å². The fraction of sp³-hybridized carbons (Fsp3) is 0.600. The van der Waals surface area contributed by atoms with Crippen molar-refractivity contribution in [3.63, 3.8) is 0 Å². The fourth-order valence-corrected chi connectivity index (χ4v) is 2.49. The summed E-state index contributed by atoms with van der Waals surface area (Å²) in [7, 11) is 0. The zero-order valence-corrected chi connectivity index (χ0v) is 9.24. The van der Waals surface area contributed by atoms with Crippen molar-refractivity contribution in [1.82, 2.24) is 9.97 Å². The number of rotatable bonds is 1. The molecule has 4 nitrogen and oxygen atoms in total. The minimum Gasteiger partial charge on any atom is -0.374 e. The first-order valence-corrected chi connectivity index (χ1v) is 5.49. The molecule has 80 valence electrons. The predicted octanol–water partition coefficient (Wildman–Crippen LogP) is 1.42. The van der Waals surface area contributed by atoms with Gasteiger partial charge in [-0.25, -0.2) is 9.97 Å². The first-order chi connectivity index (χ1) is 7.24. The van der Waals surface area contributed by atoms with Gasteiger partial charge in [0.25, 0.3) is 0 Å². The van der Waals surface area contributed by atoms with Gasteiger partial charge in [0.15, 0.2) is 0 Å². The molecule has 0 aromatic carbocycles. The van der Waals surface area contributed by atoms with Crippen LogP contribution in [0.1, 0.15) is 12.0 Å². The third-order valence-corrected chi connectivity index (χ3v) is 3.27. The largest absolute Gasteiger partial charge is 0.374 e. The van der Waals surface area contributed by atoms with Gasteiger partial charge in [-0.15, -0.1) is 0 Å². The summed E-state index contributed by atoms with van der Waals surface area (Å²) in [6.45, 7) is 3.75. The minimum atomic E-state index is 0.319. The van der Waals surface area contributed by atoms with Crippen molar-refractivity contribution in [3.05, 3.63) is 17.0 Å². The number of hydrogen-bond donors (Lipinski definition) is 0. The van der Waals surface area contributed by atoms with Gasteiger partial charge in [-0.05, 0) is 24.9 Å². The van der Waals surface area contributed by atoms with Gasteiger partial charge < -0.3 is 9.64 Å². The second-order valence-corrected chi connectivity index (χ2v) is 4.48. The van der Waals surface area contributed by atoms with Crippen LogP contribution < -0.4 is 4.90 Å². The van der Waals surface area contributed by atoms with Crippen LogP contribution in [0.3, 0.4) is 0 Å². The zero-order chi connectivity index (χ0) is 10.4. The van der Waals surface area contributed by atoms with Crippen molar-refractivity contribution in [2.75, 3.05) is 18.1 Å². The molecule has 1 aromatic heterocycles. The lowest BCUT2D eigenvalue weighted by molar-refractivity contribution is 0.0988. The van der Waals surface area contributed by atoms with Gasteiger partial charge in [-0.3, -0.25) is 0 Å². The SMILES string of the molecule is Cc1cnc(Cl)nc1N1CC2CC1CO2. The number of morpholine rings is 1. The van der Waals surface area contributed by atoms with E-state index in [9.17, 15) is 0 Å². The summed E-state index contributed by atoms with van der Waals surface area (Å²) >= 11 is 5.82.